The summed E-state index contributed by atoms with van der Waals surface area (Å²) in [7, 11) is 0. The Hall–Kier alpha value is -0.500. The number of hydrogen-bond donors (Lipinski definition) is 0. The maximum atomic E-state index is 5.03. The van der Waals surface area contributed by atoms with E-state index in [4.69, 9.17) is 9.47 Å². The first-order valence-electron chi connectivity index (χ1n) is 2.90. The van der Waals surface area contributed by atoms with Crippen molar-refractivity contribution in [1.29, 1.82) is 0 Å². The van der Waals surface area contributed by atoms with Crippen molar-refractivity contribution in [3.63, 3.8) is 0 Å². The minimum atomic E-state index is -0.222. The third kappa shape index (κ3) is 5.37. The first kappa shape index (κ1) is 8.50. The summed E-state index contributed by atoms with van der Waals surface area (Å²) in [6.07, 6.45) is -0.222. The Morgan fingerprint density at radius 1 is 1.67 bits per heavy atom. The second kappa shape index (κ2) is 4.39. The molecule has 0 amide bonds. The summed E-state index contributed by atoms with van der Waals surface area (Å²) < 4.78 is 9.99. The molecule has 0 fully saturated rings. The van der Waals surface area contributed by atoms with Gasteiger partial charge in [0.15, 0.2) is 6.29 Å². The second-order valence-corrected chi connectivity index (χ2v) is 1.76. The zero-order chi connectivity index (χ0) is 7.28. The Morgan fingerprint density at radius 3 is 2.56 bits per heavy atom. The molecule has 0 aliphatic heterocycles. The van der Waals surface area contributed by atoms with Gasteiger partial charge in [-0.2, -0.15) is 0 Å². The van der Waals surface area contributed by atoms with E-state index in [1.807, 2.05) is 0 Å². The zero-order valence-corrected chi connectivity index (χ0v) is 6.02. The van der Waals surface area contributed by atoms with Crippen molar-refractivity contribution in [3.05, 3.63) is 19.3 Å². The van der Waals surface area contributed by atoms with E-state index < -0.39 is 0 Å². The van der Waals surface area contributed by atoms with Crippen LogP contribution < -0.4 is 0 Å². The second-order valence-electron chi connectivity index (χ2n) is 1.76. The van der Waals surface area contributed by atoms with Crippen LogP contribution in [0.3, 0.4) is 0 Å². The van der Waals surface area contributed by atoms with Crippen molar-refractivity contribution in [3.8, 4) is 0 Å². The molecule has 0 bridgehead atoms. The predicted octanol–water partition coefficient (Wildman–Crippen LogP) is 1.73. The molecule has 1 unspecified atom stereocenters. The van der Waals surface area contributed by atoms with Crippen molar-refractivity contribution in [2.45, 2.75) is 20.1 Å². The number of rotatable bonds is 4. The lowest BCUT2D eigenvalue weighted by Crippen LogP contribution is -2.10. The van der Waals surface area contributed by atoms with Crippen LogP contribution in [0.2, 0.25) is 0 Å². The molecule has 0 aliphatic carbocycles. The normalized spacial score (nSPS) is 12.8. The minimum Gasteiger partial charge on any atom is -0.471 e. The summed E-state index contributed by atoms with van der Waals surface area (Å²) in [5, 5.41) is 0. The molecule has 0 aromatic rings. The van der Waals surface area contributed by atoms with Crippen LogP contribution >= 0.6 is 0 Å². The average molecular weight is 129 g/mol. The summed E-state index contributed by atoms with van der Waals surface area (Å²) in [6.45, 7) is 11.1. The van der Waals surface area contributed by atoms with Gasteiger partial charge in [0.25, 0.3) is 0 Å². The quantitative estimate of drug-likeness (QED) is 0.425. The van der Waals surface area contributed by atoms with Gasteiger partial charge in [-0.15, -0.1) is 0 Å². The van der Waals surface area contributed by atoms with E-state index in [-0.39, 0.29) is 6.29 Å². The molecule has 0 aliphatic rings. The Bertz CT molecular complexity index is 88.9. The van der Waals surface area contributed by atoms with Gasteiger partial charge in [-0.05, 0) is 20.8 Å². The van der Waals surface area contributed by atoms with Gasteiger partial charge in [0, 0.05) is 0 Å². The molecule has 0 saturated heterocycles. The Labute approximate surface area is 56.5 Å². The molecule has 9 heavy (non-hydrogen) atoms. The molecule has 2 heteroatoms. The van der Waals surface area contributed by atoms with E-state index in [9.17, 15) is 0 Å². The maximum Gasteiger partial charge on any atom is 0.196 e. The largest absolute Gasteiger partial charge is 0.471 e. The number of hydrogen-bond acceptors (Lipinski definition) is 2. The van der Waals surface area contributed by atoms with E-state index in [1.54, 1.807) is 13.8 Å². The highest BCUT2D eigenvalue weighted by molar-refractivity contribution is 4.73. The van der Waals surface area contributed by atoms with Crippen LogP contribution in [0.4, 0.5) is 0 Å². The summed E-state index contributed by atoms with van der Waals surface area (Å²) in [5.41, 5.74) is 0. The van der Waals surface area contributed by atoms with Crippen LogP contribution in [-0.2, 0) is 9.47 Å². The molecular weight excluding hydrogens is 116 g/mol. The van der Waals surface area contributed by atoms with Gasteiger partial charge in [-0.25, -0.2) is 0 Å². The molecule has 0 aromatic carbocycles. The van der Waals surface area contributed by atoms with Crippen LogP contribution in [0.1, 0.15) is 13.8 Å². The van der Waals surface area contributed by atoms with Crippen LogP contribution in [0.25, 0.3) is 0 Å². The molecule has 0 rings (SSSR count). The van der Waals surface area contributed by atoms with E-state index in [0.717, 1.165) is 0 Å². The third-order valence-corrected chi connectivity index (χ3v) is 0.720. The maximum absolute atomic E-state index is 5.03. The van der Waals surface area contributed by atoms with Crippen molar-refractivity contribution in [2.24, 2.45) is 0 Å². The molecule has 53 valence electrons. The van der Waals surface area contributed by atoms with E-state index in [1.165, 1.54) is 0 Å². The molecule has 0 spiro atoms. The molecule has 0 saturated carbocycles. The number of ether oxygens (including phenoxy) is 2. The van der Waals surface area contributed by atoms with Gasteiger partial charge >= 0.3 is 0 Å². The molecule has 0 N–H and O–H groups in total. The van der Waals surface area contributed by atoms with E-state index >= 15 is 0 Å². The Balaban J connectivity index is 3.26. The SMILES string of the molecule is [CH2]COC(C)OC(=C)C. The average Bonchev–Trinajstić information content (AvgIpc) is 1.63. The summed E-state index contributed by atoms with van der Waals surface area (Å²) in [6, 6.07) is 0. The van der Waals surface area contributed by atoms with Crippen LogP contribution in [0.5, 0.6) is 0 Å². The van der Waals surface area contributed by atoms with Crippen molar-refractivity contribution < 1.29 is 9.47 Å². The fourth-order valence-electron chi connectivity index (χ4n) is 0.483. The van der Waals surface area contributed by atoms with Crippen LogP contribution in [-0.4, -0.2) is 12.9 Å². The highest BCUT2D eigenvalue weighted by atomic mass is 16.7. The van der Waals surface area contributed by atoms with Gasteiger partial charge in [-0.3, -0.25) is 0 Å². The first-order valence-corrected chi connectivity index (χ1v) is 2.90. The van der Waals surface area contributed by atoms with Gasteiger partial charge in [0.05, 0.1) is 12.4 Å². The lowest BCUT2D eigenvalue weighted by atomic mass is 10.6. The zero-order valence-electron chi connectivity index (χ0n) is 6.02. The van der Waals surface area contributed by atoms with E-state index in [2.05, 4.69) is 13.5 Å². The van der Waals surface area contributed by atoms with Gasteiger partial charge in [0.2, 0.25) is 0 Å². The molecule has 0 aromatic heterocycles. The first-order chi connectivity index (χ1) is 4.16. The van der Waals surface area contributed by atoms with Gasteiger partial charge < -0.3 is 9.47 Å². The molecule has 1 radical (unpaired) electrons. The summed E-state index contributed by atoms with van der Waals surface area (Å²) in [4.78, 5) is 0. The van der Waals surface area contributed by atoms with Crippen molar-refractivity contribution in [1.82, 2.24) is 0 Å². The highest BCUT2D eigenvalue weighted by Gasteiger charge is 1.97. The lowest BCUT2D eigenvalue weighted by Gasteiger charge is -2.12. The highest BCUT2D eigenvalue weighted by Crippen LogP contribution is 1.98. The third-order valence-electron chi connectivity index (χ3n) is 0.720. The minimum absolute atomic E-state index is 0.222. The molecule has 1 atom stereocenters. The fourth-order valence-corrected chi connectivity index (χ4v) is 0.483. The topological polar surface area (TPSA) is 18.5 Å². The number of allylic oxidation sites excluding steroid dienone is 1. The standard InChI is InChI=1S/C7H13O2/c1-5-8-7(4)9-6(2)3/h7H,1-2,5H2,3-4H3. The Kier molecular flexibility index (Phi) is 4.14. The molecular formula is C7H13O2. The summed E-state index contributed by atoms with van der Waals surface area (Å²) >= 11 is 0. The molecule has 0 heterocycles. The van der Waals surface area contributed by atoms with E-state index in [0.29, 0.717) is 12.4 Å². The lowest BCUT2D eigenvalue weighted by molar-refractivity contribution is -0.0932. The van der Waals surface area contributed by atoms with Crippen molar-refractivity contribution >= 4 is 0 Å². The monoisotopic (exact) mass is 129 g/mol. The van der Waals surface area contributed by atoms with Gasteiger partial charge in [0.1, 0.15) is 0 Å². The predicted molar refractivity (Wildman–Crippen MR) is 36.7 cm³/mol. The summed E-state index contributed by atoms with van der Waals surface area (Å²) in [5.74, 6) is 0.663. The van der Waals surface area contributed by atoms with Crippen LogP contribution in [0, 0.1) is 6.92 Å². The Morgan fingerprint density at radius 2 is 2.22 bits per heavy atom. The van der Waals surface area contributed by atoms with Crippen molar-refractivity contribution in [2.75, 3.05) is 6.61 Å². The van der Waals surface area contributed by atoms with Gasteiger partial charge in [-0.1, -0.05) is 6.58 Å². The smallest absolute Gasteiger partial charge is 0.196 e. The molecule has 2 nitrogen and oxygen atoms in total. The van der Waals surface area contributed by atoms with Crippen LogP contribution in [0.15, 0.2) is 12.3 Å². The fraction of sp³-hybridized carbons (Fsp3) is 0.571.